The third-order valence-electron chi connectivity index (χ3n) is 6.69. The Labute approximate surface area is 215 Å². The molecule has 1 aromatic carbocycles. The molecule has 2 aromatic heterocycles. The SMILES string of the molecule is COC[C@]12C[C@H]1[C@@](C)(c1cc(CC(=O)c3cnc(OCc4cc(C)no4)cn3)cc(F)c1F)N=C(N)S2. The summed E-state index contributed by atoms with van der Waals surface area (Å²) in [6, 6.07) is 4.24. The molecule has 3 atom stereocenters. The Morgan fingerprint density at radius 2 is 2.08 bits per heavy atom. The highest BCUT2D eigenvalue weighted by Gasteiger charge is 2.66. The number of amidine groups is 1. The first kappa shape index (κ1) is 25.3. The van der Waals surface area contributed by atoms with Gasteiger partial charge in [0.15, 0.2) is 35.0 Å². The van der Waals surface area contributed by atoms with Crippen LogP contribution in [0.3, 0.4) is 0 Å². The van der Waals surface area contributed by atoms with E-state index in [-0.39, 0.29) is 40.8 Å². The Hall–Kier alpha value is -3.38. The summed E-state index contributed by atoms with van der Waals surface area (Å²) in [5, 5.41) is 4.07. The standard InChI is InChI=1S/C25H25F2N5O4S/c1-13-4-15(36-32-13)11-35-21-10-29-18(9-30-21)19(33)7-14-5-16(22(27)17(26)6-14)24(2)20-8-25(20,12-34-3)37-23(28)31-24/h4-6,9-10,20H,7-8,11-12H2,1-3H3,(H2,28,31)/t20-,24+,25+/m0/s1. The molecular weight excluding hydrogens is 504 g/mol. The fourth-order valence-corrected chi connectivity index (χ4v) is 6.34. The van der Waals surface area contributed by atoms with Gasteiger partial charge in [0, 0.05) is 31.1 Å². The maximum atomic E-state index is 15.1. The molecule has 0 spiro atoms. The van der Waals surface area contributed by atoms with Crippen LogP contribution in [0.15, 0.2) is 40.1 Å². The third kappa shape index (κ3) is 4.82. The van der Waals surface area contributed by atoms with Gasteiger partial charge in [-0.3, -0.25) is 9.79 Å². The Kier molecular flexibility index (Phi) is 6.48. The average molecular weight is 530 g/mol. The number of fused-ring (bicyclic) bond motifs is 1. The highest BCUT2D eigenvalue weighted by atomic mass is 32.2. The smallest absolute Gasteiger partial charge is 0.232 e. The van der Waals surface area contributed by atoms with Crippen molar-refractivity contribution in [3.63, 3.8) is 0 Å². The molecular formula is C25H25F2N5O4S. The first-order valence-electron chi connectivity index (χ1n) is 11.6. The topological polar surface area (TPSA) is 126 Å². The van der Waals surface area contributed by atoms with E-state index in [0.29, 0.717) is 29.5 Å². The van der Waals surface area contributed by atoms with Gasteiger partial charge in [0.1, 0.15) is 5.69 Å². The van der Waals surface area contributed by atoms with Crippen LogP contribution in [-0.4, -0.2) is 44.5 Å². The second-order valence-corrected chi connectivity index (χ2v) is 10.9. The molecule has 37 heavy (non-hydrogen) atoms. The lowest BCUT2D eigenvalue weighted by Gasteiger charge is -2.34. The lowest BCUT2D eigenvalue weighted by molar-refractivity contribution is 0.0987. The zero-order valence-corrected chi connectivity index (χ0v) is 21.3. The number of aryl methyl sites for hydroxylation is 1. The van der Waals surface area contributed by atoms with Crippen molar-refractivity contribution in [3.05, 3.63) is 70.5 Å². The van der Waals surface area contributed by atoms with Gasteiger partial charge in [-0.05, 0) is 38.0 Å². The fourth-order valence-electron chi connectivity index (χ4n) is 4.89. The van der Waals surface area contributed by atoms with Gasteiger partial charge >= 0.3 is 0 Å². The summed E-state index contributed by atoms with van der Waals surface area (Å²) in [6.07, 6.45) is 3.09. The zero-order valence-electron chi connectivity index (χ0n) is 20.5. The van der Waals surface area contributed by atoms with E-state index in [1.54, 1.807) is 27.0 Å². The van der Waals surface area contributed by atoms with Crippen LogP contribution in [0.2, 0.25) is 0 Å². The summed E-state index contributed by atoms with van der Waals surface area (Å²) < 4.78 is 45.4. The van der Waals surface area contributed by atoms with Crippen molar-refractivity contribution < 1.29 is 27.6 Å². The van der Waals surface area contributed by atoms with Gasteiger partial charge in [-0.2, -0.15) is 0 Å². The van der Waals surface area contributed by atoms with Gasteiger partial charge < -0.3 is 19.7 Å². The van der Waals surface area contributed by atoms with E-state index in [9.17, 15) is 9.18 Å². The molecule has 194 valence electrons. The van der Waals surface area contributed by atoms with Crippen LogP contribution >= 0.6 is 11.8 Å². The lowest BCUT2D eigenvalue weighted by atomic mass is 9.84. The van der Waals surface area contributed by atoms with Crippen molar-refractivity contribution in [2.45, 2.75) is 43.6 Å². The zero-order chi connectivity index (χ0) is 26.4. The molecule has 0 unspecified atom stereocenters. The number of hydrogen-bond donors (Lipinski definition) is 1. The number of halogens is 2. The van der Waals surface area contributed by atoms with Crippen LogP contribution in [-0.2, 0) is 23.3 Å². The second kappa shape index (κ2) is 9.49. The van der Waals surface area contributed by atoms with Gasteiger partial charge in [-0.15, -0.1) is 0 Å². The molecule has 1 saturated carbocycles. The quantitative estimate of drug-likeness (QED) is 0.413. The van der Waals surface area contributed by atoms with Crippen molar-refractivity contribution in [1.29, 1.82) is 0 Å². The van der Waals surface area contributed by atoms with Crippen molar-refractivity contribution in [3.8, 4) is 5.88 Å². The van der Waals surface area contributed by atoms with Crippen LogP contribution in [0.25, 0.3) is 0 Å². The van der Waals surface area contributed by atoms with Crippen LogP contribution in [0.5, 0.6) is 5.88 Å². The number of aliphatic imine (C=N–C) groups is 1. The number of nitrogens with two attached hydrogens (primary N) is 1. The summed E-state index contributed by atoms with van der Waals surface area (Å²) in [6.45, 7) is 4.07. The number of hydrogen-bond acceptors (Lipinski definition) is 10. The highest BCUT2D eigenvalue weighted by molar-refractivity contribution is 8.15. The molecule has 1 fully saturated rings. The number of ketones is 1. The number of carbonyl (C=O) groups excluding carboxylic acids is 1. The number of nitrogens with zero attached hydrogens (tertiary/aromatic N) is 4. The van der Waals surface area contributed by atoms with Gasteiger partial charge in [0.05, 0.1) is 35.0 Å². The van der Waals surface area contributed by atoms with Gasteiger partial charge in [0.2, 0.25) is 5.88 Å². The molecule has 0 amide bonds. The summed E-state index contributed by atoms with van der Waals surface area (Å²) in [4.78, 5) is 25.6. The number of ether oxygens (including phenoxy) is 2. The molecule has 3 aromatic rings. The van der Waals surface area contributed by atoms with Crippen LogP contribution in [0.1, 0.15) is 46.4 Å². The van der Waals surface area contributed by atoms with Crippen molar-refractivity contribution >= 4 is 22.7 Å². The van der Waals surface area contributed by atoms with E-state index in [1.165, 1.54) is 30.2 Å². The number of aromatic nitrogens is 3. The molecule has 2 N–H and O–H groups in total. The van der Waals surface area contributed by atoms with E-state index in [4.69, 9.17) is 19.7 Å². The maximum absolute atomic E-state index is 15.1. The molecule has 3 heterocycles. The lowest BCUT2D eigenvalue weighted by Crippen LogP contribution is -2.38. The highest BCUT2D eigenvalue weighted by Crippen LogP contribution is 2.66. The van der Waals surface area contributed by atoms with Gasteiger partial charge in [0.25, 0.3) is 0 Å². The van der Waals surface area contributed by atoms with E-state index >= 15 is 4.39 Å². The first-order valence-corrected chi connectivity index (χ1v) is 12.4. The Morgan fingerprint density at radius 1 is 1.27 bits per heavy atom. The Bertz CT molecular complexity index is 1380. The monoisotopic (exact) mass is 529 g/mol. The third-order valence-corrected chi connectivity index (χ3v) is 7.97. The number of thioether (sulfide) groups is 1. The van der Waals surface area contributed by atoms with Gasteiger partial charge in [-0.25, -0.2) is 18.7 Å². The number of Topliss-reactive ketones (excluding diaryl/α,β-unsaturated/α-hetero) is 1. The molecule has 0 radical (unpaired) electrons. The van der Waals surface area contributed by atoms with Crippen molar-refractivity contribution in [2.24, 2.45) is 16.6 Å². The number of carbonyl (C=O) groups is 1. The van der Waals surface area contributed by atoms with Crippen molar-refractivity contribution in [1.82, 2.24) is 15.1 Å². The summed E-state index contributed by atoms with van der Waals surface area (Å²) in [7, 11) is 1.59. The fraction of sp³-hybridized carbons (Fsp3) is 0.400. The summed E-state index contributed by atoms with van der Waals surface area (Å²) >= 11 is 1.41. The van der Waals surface area contributed by atoms with Crippen LogP contribution in [0.4, 0.5) is 8.78 Å². The summed E-state index contributed by atoms with van der Waals surface area (Å²) in [5.74, 6) is -1.82. The molecule has 0 saturated heterocycles. The Morgan fingerprint density at radius 3 is 2.76 bits per heavy atom. The molecule has 1 aliphatic carbocycles. The maximum Gasteiger partial charge on any atom is 0.232 e. The van der Waals surface area contributed by atoms with E-state index in [2.05, 4.69) is 20.1 Å². The summed E-state index contributed by atoms with van der Waals surface area (Å²) in [5.41, 5.74) is 6.16. The number of benzene rings is 1. The first-order chi connectivity index (χ1) is 17.6. The van der Waals surface area contributed by atoms with Crippen molar-refractivity contribution in [2.75, 3.05) is 13.7 Å². The normalized spacial score (nSPS) is 24.4. The molecule has 1 aliphatic heterocycles. The van der Waals surface area contributed by atoms with Crippen LogP contribution < -0.4 is 10.5 Å². The van der Waals surface area contributed by atoms with Crippen LogP contribution in [0, 0.1) is 24.5 Å². The van der Waals surface area contributed by atoms with Gasteiger partial charge in [-0.1, -0.05) is 16.9 Å². The largest absolute Gasteiger partial charge is 0.468 e. The molecule has 2 aliphatic rings. The predicted molar refractivity (Wildman–Crippen MR) is 131 cm³/mol. The molecule has 5 rings (SSSR count). The van der Waals surface area contributed by atoms with E-state index in [1.807, 2.05) is 0 Å². The minimum absolute atomic E-state index is 0.0676. The second-order valence-electron chi connectivity index (χ2n) is 9.46. The minimum atomic E-state index is -1.08. The number of rotatable bonds is 9. The predicted octanol–water partition coefficient (Wildman–Crippen LogP) is 3.74. The molecule has 9 nitrogen and oxygen atoms in total. The molecule has 0 bridgehead atoms. The average Bonchev–Trinajstić information content (AvgIpc) is 3.42. The van der Waals surface area contributed by atoms with E-state index in [0.717, 1.165) is 11.8 Å². The molecule has 12 heteroatoms. The van der Waals surface area contributed by atoms with E-state index < -0.39 is 23.0 Å². The minimum Gasteiger partial charge on any atom is -0.468 e. The Balaban J connectivity index is 1.33. The number of methoxy groups -OCH3 is 1.